The van der Waals surface area contributed by atoms with E-state index in [0.29, 0.717) is 28.4 Å². The van der Waals surface area contributed by atoms with Gasteiger partial charge in [-0.25, -0.2) is 4.79 Å². The Morgan fingerprint density at radius 2 is 1.49 bits per heavy atom. The van der Waals surface area contributed by atoms with Crippen molar-refractivity contribution in [1.82, 2.24) is 0 Å². The molecule has 0 aliphatic carbocycles. The van der Waals surface area contributed by atoms with Crippen molar-refractivity contribution in [2.75, 3.05) is 37.1 Å². The molecule has 10 nitrogen and oxygen atoms in total. The van der Waals surface area contributed by atoms with E-state index in [9.17, 15) is 19.2 Å². The third-order valence-corrected chi connectivity index (χ3v) is 5.93. The van der Waals surface area contributed by atoms with Gasteiger partial charge in [0.15, 0.2) is 6.61 Å². The van der Waals surface area contributed by atoms with Crippen molar-refractivity contribution in [3.63, 3.8) is 0 Å². The molecule has 4 rings (SSSR count). The lowest BCUT2D eigenvalue weighted by atomic mass is 10.1. The van der Waals surface area contributed by atoms with E-state index in [1.807, 2.05) is 0 Å². The highest BCUT2D eigenvalue weighted by Gasteiger charge is 2.36. The zero-order valence-electron chi connectivity index (χ0n) is 21.5. The molecule has 0 spiro atoms. The van der Waals surface area contributed by atoms with Crippen LogP contribution in [0.1, 0.15) is 23.7 Å². The van der Waals surface area contributed by atoms with E-state index in [2.05, 4.69) is 5.32 Å². The molecular formula is C29H28N2O8. The summed E-state index contributed by atoms with van der Waals surface area (Å²) in [4.78, 5) is 50.6. The van der Waals surface area contributed by atoms with Crippen molar-refractivity contribution in [3.05, 3.63) is 78.4 Å². The van der Waals surface area contributed by atoms with Gasteiger partial charge in [0, 0.05) is 24.3 Å². The van der Waals surface area contributed by atoms with Crippen LogP contribution >= 0.6 is 0 Å². The van der Waals surface area contributed by atoms with Gasteiger partial charge in [-0.05, 0) is 79.7 Å². The quantitative estimate of drug-likeness (QED) is 0.386. The van der Waals surface area contributed by atoms with Crippen LogP contribution in [0.4, 0.5) is 11.4 Å². The maximum absolute atomic E-state index is 12.6. The summed E-state index contributed by atoms with van der Waals surface area (Å²) in [6.07, 6.45) is -0.0140. The number of rotatable bonds is 10. The number of carbonyl (C=O) groups is 4. The number of anilines is 2. The van der Waals surface area contributed by atoms with Gasteiger partial charge in [-0.3, -0.25) is 14.4 Å². The summed E-state index contributed by atoms with van der Waals surface area (Å²) in [5.41, 5.74) is 1.42. The molecule has 1 aliphatic rings. The fourth-order valence-electron chi connectivity index (χ4n) is 3.94. The monoisotopic (exact) mass is 532 g/mol. The fraction of sp³-hybridized carbons (Fsp3) is 0.241. The molecule has 1 heterocycles. The number of carbonyl (C=O) groups excluding carboxylic acids is 4. The van der Waals surface area contributed by atoms with E-state index < -0.39 is 30.4 Å². The van der Waals surface area contributed by atoms with Gasteiger partial charge in [0.2, 0.25) is 5.91 Å². The van der Waals surface area contributed by atoms with Crippen molar-refractivity contribution < 1.29 is 38.1 Å². The van der Waals surface area contributed by atoms with Crippen LogP contribution in [0.25, 0.3) is 0 Å². The molecule has 0 bridgehead atoms. The number of methoxy groups -OCH3 is 1. The van der Waals surface area contributed by atoms with E-state index >= 15 is 0 Å². The Labute approximate surface area is 225 Å². The Kier molecular flexibility index (Phi) is 8.78. The normalized spacial score (nSPS) is 14.5. The number of nitrogens with zero attached hydrogens (tertiary/aromatic N) is 1. The Balaban J connectivity index is 1.25. The maximum Gasteiger partial charge on any atom is 0.338 e. The summed E-state index contributed by atoms with van der Waals surface area (Å²) < 4.78 is 21.0. The molecule has 0 aromatic heterocycles. The maximum atomic E-state index is 12.6. The minimum atomic E-state index is -0.690. The molecule has 10 heteroatoms. The van der Waals surface area contributed by atoms with Gasteiger partial charge in [-0.2, -0.15) is 0 Å². The number of nitrogens with one attached hydrogen (secondary N) is 1. The number of hydrogen-bond acceptors (Lipinski definition) is 8. The molecule has 0 radical (unpaired) electrons. The van der Waals surface area contributed by atoms with Gasteiger partial charge in [-0.1, -0.05) is 0 Å². The van der Waals surface area contributed by atoms with Crippen LogP contribution in [-0.2, 0) is 23.9 Å². The lowest BCUT2D eigenvalue weighted by Crippen LogP contribution is -2.28. The molecule has 3 aromatic rings. The van der Waals surface area contributed by atoms with Crippen molar-refractivity contribution >= 4 is 35.1 Å². The number of benzene rings is 3. The van der Waals surface area contributed by atoms with Gasteiger partial charge in [0.25, 0.3) is 5.91 Å². The summed E-state index contributed by atoms with van der Waals surface area (Å²) in [7, 11) is 1.59. The number of amides is 2. The first-order valence-corrected chi connectivity index (χ1v) is 12.3. The van der Waals surface area contributed by atoms with Crippen LogP contribution in [0, 0.1) is 5.92 Å². The molecule has 1 N–H and O–H groups in total. The minimum absolute atomic E-state index is 0.0140. The molecule has 0 unspecified atom stereocenters. The fourth-order valence-corrected chi connectivity index (χ4v) is 3.94. The Bertz CT molecular complexity index is 1320. The van der Waals surface area contributed by atoms with Gasteiger partial charge < -0.3 is 29.2 Å². The van der Waals surface area contributed by atoms with Crippen LogP contribution < -0.4 is 19.7 Å². The molecule has 2 amide bonds. The smallest absolute Gasteiger partial charge is 0.338 e. The van der Waals surface area contributed by atoms with Crippen LogP contribution in [0.15, 0.2) is 72.8 Å². The van der Waals surface area contributed by atoms with Gasteiger partial charge >= 0.3 is 11.9 Å². The zero-order chi connectivity index (χ0) is 27.8. The second-order valence-corrected chi connectivity index (χ2v) is 8.63. The standard InChI is InChI=1S/C29H28N2O8/c1-3-37-28(34)19-4-6-21(7-5-19)30-26(32)18-38-29(35)20-16-27(33)31(17-20)22-8-10-24(11-9-22)39-25-14-12-23(36-2)13-15-25/h4-15,20H,3,16-18H2,1-2H3,(H,30,32)/t20-/m0/s1. The summed E-state index contributed by atoms with van der Waals surface area (Å²) in [6, 6.07) is 20.3. The Hall–Kier alpha value is -4.86. The third kappa shape index (κ3) is 7.13. The molecule has 1 fully saturated rings. The van der Waals surface area contributed by atoms with Crippen LogP contribution in [0.3, 0.4) is 0 Å². The van der Waals surface area contributed by atoms with E-state index in [-0.39, 0.29) is 25.5 Å². The third-order valence-electron chi connectivity index (χ3n) is 5.93. The van der Waals surface area contributed by atoms with Crippen molar-refractivity contribution in [3.8, 4) is 17.2 Å². The molecule has 39 heavy (non-hydrogen) atoms. The van der Waals surface area contributed by atoms with E-state index in [0.717, 1.165) is 5.75 Å². The average Bonchev–Trinajstić information content (AvgIpc) is 3.34. The molecule has 202 valence electrons. The van der Waals surface area contributed by atoms with Crippen LogP contribution in [-0.4, -0.2) is 50.6 Å². The SMILES string of the molecule is CCOC(=O)c1ccc(NC(=O)COC(=O)[C@H]2CC(=O)N(c3ccc(Oc4ccc(OC)cc4)cc3)C2)cc1. The van der Waals surface area contributed by atoms with E-state index in [4.69, 9.17) is 18.9 Å². The molecule has 1 atom stereocenters. The van der Waals surface area contributed by atoms with Crippen molar-refractivity contribution in [2.45, 2.75) is 13.3 Å². The first kappa shape index (κ1) is 27.2. The van der Waals surface area contributed by atoms with Crippen LogP contribution in [0.2, 0.25) is 0 Å². The van der Waals surface area contributed by atoms with Gasteiger partial charge in [0.05, 0.1) is 25.2 Å². The molecule has 1 aliphatic heterocycles. The Morgan fingerprint density at radius 1 is 0.872 bits per heavy atom. The average molecular weight is 533 g/mol. The lowest BCUT2D eigenvalue weighted by molar-refractivity contribution is -0.151. The summed E-state index contributed by atoms with van der Waals surface area (Å²) in [6.45, 7) is 1.62. The highest BCUT2D eigenvalue weighted by atomic mass is 16.5. The topological polar surface area (TPSA) is 120 Å². The van der Waals surface area contributed by atoms with Crippen molar-refractivity contribution in [2.24, 2.45) is 5.92 Å². The Morgan fingerprint density at radius 3 is 2.10 bits per heavy atom. The highest BCUT2D eigenvalue weighted by molar-refractivity contribution is 6.00. The summed E-state index contributed by atoms with van der Waals surface area (Å²) >= 11 is 0. The lowest BCUT2D eigenvalue weighted by Gasteiger charge is -2.17. The van der Waals surface area contributed by atoms with Crippen molar-refractivity contribution in [1.29, 1.82) is 0 Å². The second kappa shape index (κ2) is 12.6. The number of ether oxygens (including phenoxy) is 4. The number of esters is 2. The first-order chi connectivity index (χ1) is 18.9. The number of hydrogen-bond donors (Lipinski definition) is 1. The predicted molar refractivity (Wildman–Crippen MR) is 142 cm³/mol. The molecule has 1 saturated heterocycles. The molecular weight excluding hydrogens is 504 g/mol. The van der Waals surface area contributed by atoms with E-state index in [1.165, 1.54) is 17.0 Å². The highest BCUT2D eigenvalue weighted by Crippen LogP contribution is 2.29. The minimum Gasteiger partial charge on any atom is -0.497 e. The predicted octanol–water partition coefficient (Wildman–Crippen LogP) is 4.20. The second-order valence-electron chi connectivity index (χ2n) is 8.63. The first-order valence-electron chi connectivity index (χ1n) is 12.3. The summed E-state index contributed by atoms with van der Waals surface area (Å²) in [5, 5.41) is 2.59. The zero-order valence-corrected chi connectivity index (χ0v) is 21.5. The van der Waals surface area contributed by atoms with Gasteiger partial charge in [0.1, 0.15) is 17.2 Å². The molecule has 0 saturated carbocycles. The van der Waals surface area contributed by atoms with Gasteiger partial charge in [-0.15, -0.1) is 0 Å². The molecule has 3 aromatic carbocycles. The van der Waals surface area contributed by atoms with Crippen LogP contribution in [0.5, 0.6) is 17.2 Å². The largest absolute Gasteiger partial charge is 0.497 e. The van der Waals surface area contributed by atoms with E-state index in [1.54, 1.807) is 74.7 Å². The summed E-state index contributed by atoms with van der Waals surface area (Å²) in [5.74, 6) is -0.576.